The highest BCUT2D eigenvalue weighted by Crippen LogP contribution is 2.30. The van der Waals surface area contributed by atoms with E-state index >= 15 is 0 Å². The molecule has 5 nitrogen and oxygen atoms in total. The molecule has 3 aliphatic heterocycles. The number of aromatic nitrogens is 1. The van der Waals surface area contributed by atoms with Gasteiger partial charge >= 0.3 is 0 Å². The van der Waals surface area contributed by atoms with Gasteiger partial charge in [-0.25, -0.2) is 0 Å². The van der Waals surface area contributed by atoms with Gasteiger partial charge in [0.2, 0.25) is 5.91 Å². The quantitative estimate of drug-likeness (QED) is 0.835. The number of nitrogens with zero attached hydrogens (tertiary/aromatic N) is 3. The molecule has 4 heterocycles. The van der Waals surface area contributed by atoms with Gasteiger partial charge in [-0.15, -0.1) is 0 Å². The number of carbonyl (C=O) groups excluding carboxylic acids is 2. The molecule has 3 fully saturated rings. The average molecular weight is 351 g/mol. The molecule has 0 saturated carbocycles. The number of hydrogen-bond donors (Lipinski definition) is 0. The van der Waals surface area contributed by atoms with Crippen LogP contribution in [0.2, 0.25) is 0 Å². The van der Waals surface area contributed by atoms with E-state index < -0.39 is 0 Å². The number of carbonyl (C=O) groups is 2. The van der Waals surface area contributed by atoms with Crippen molar-refractivity contribution in [1.29, 1.82) is 0 Å². The number of hydrogen-bond acceptors (Lipinski definition) is 2. The second-order valence-corrected chi connectivity index (χ2v) is 7.54. The summed E-state index contributed by atoms with van der Waals surface area (Å²) in [5, 5.41) is 0. The molecule has 2 aromatic rings. The van der Waals surface area contributed by atoms with Crippen LogP contribution in [-0.2, 0) is 4.79 Å². The number of piperidine rings is 1. The van der Waals surface area contributed by atoms with Crippen LogP contribution in [0, 0.1) is 19.8 Å². The minimum Gasteiger partial charge on any atom is -0.341 e. The third-order valence-corrected chi connectivity index (χ3v) is 5.93. The topological polar surface area (TPSA) is 45.6 Å². The van der Waals surface area contributed by atoms with Crippen molar-refractivity contribution in [3.63, 3.8) is 0 Å². The van der Waals surface area contributed by atoms with Crippen LogP contribution in [0.5, 0.6) is 0 Å². The molecule has 2 atom stereocenters. The molecule has 0 N–H and O–H groups in total. The van der Waals surface area contributed by atoms with Crippen LogP contribution in [0.3, 0.4) is 0 Å². The number of fused-ring (bicyclic) bond motifs is 4. The highest BCUT2D eigenvalue weighted by Gasteiger charge is 2.40. The fraction of sp³-hybridized carbons (Fsp3) is 0.429. The maximum Gasteiger partial charge on any atom is 0.255 e. The number of benzene rings is 1. The first-order valence-electron chi connectivity index (χ1n) is 9.27. The molecule has 0 aliphatic carbocycles. The Labute approximate surface area is 154 Å². The van der Waals surface area contributed by atoms with Crippen molar-refractivity contribution in [3.05, 3.63) is 53.3 Å². The van der Waals surface area contributed by atoms with Crippen molar-refractivity contribution < 1.29 is 9.59 Å². The molecular formula is C21H25N3O2. The molecule has 26 heavy (non-hydrogen) atoms. The first-order valence-corrected chi connectivity index (χ1v) is 9.27. The van der Waals surface area contributed by atoms with Crippen molar-refractivity contribution in [2.75, 3.05) is 20.1 Å². The Morgan fingerprint density at radius 3 is 2.54 bits per heavy atom. The lowest BCUT2D eigenvalue weighted by molar-refractivity contribution is -0.138. The maximum atomic E-state index is 13.3. The van der Waals surface area contributed by atoms with Gasteiger partial charge in [0.25, 0.3) is 5.91 Å². The van der Waals surface area contributed by atoms with E-state index in [1.807, 2.05) is 67.1 Å². The normalized spacial score (nSPS) is 22.7. The summed E-state index contributed by atoms with van der Waals surface area (Å²) in [7, 11) is 1.87. The SMILES string of the molecule is Cc1cc(C(=O)N2C[C@@H]3CC[C@H](C2)N(C)C3=O)c(C)n1-c1ccccc1. The van der Waals surface area contributed by atoms with E-state index in [4.69, 9.17) is 0 Å². The third-order valence-electron chi connectivity index (χ3n) is 5.93. The number of rotatable bonds is 2. The first kappa shape index (κ1) is 16.9. The summed E-state index contributed by atoms with van der Waals surface area (Å²) < 4.78 is 2.12. The minimum atomic E-state index is -0.0553. The van der Waals surface area contributed by atoms with Gasteiger partial charge < -0.3 is 14.4 Å². The van der Waals surface area contributed by atoms with Gasteiger partial charge in [0, 0.05) is 43.3 Å². The van der Waals surface area contributed by atoms with E-state index in [-0.39, 0.29) is 23.8 Å². The lowest BCUT2D eigenvalue weighted by atomic mass is 9.95. The molecule has 0 radical (unpaired) electrons. The molecule has 5 rings (SSSR count). The van der Waals surface area contributed by atoms with Gasteiger partial charge in [0.05, 0.1) is 11.5 Å². The Morgan fingerprint density at radius 2 is 1.81 bits per heavy atom. The zero-order chi connectivity index (χ0) is 18.4. The fourth-order valence-electron chi connectivity index (χ4n) is 4.45. The lowest BCUT2D eigenvalue weighted by Gasteiger charge is -2.32. The van der Waals surface area contributed by atoms with Gasteiger partial charge in [-0.3, -0.25) is 9.59 Å². The van der Waals surface area contributed by atoms with E-state index in [1.165, 1.54) is 0 Å². The summed E-state index contributed by atoms with van der Waals surface area (Å²) in [6, 6.07) is 12.2. The second kappa shape index (κ2) is 6.31. The monoisotopic (exact) mass is 351 g/mol. The lowest BCUT2D eigenvalue weighted by Crippen LogP contribution is -2.45. The Hall–Kier alpha value is -2.56. The van der Waals surface area contributed by atoms with Crippen molar-refractivity contribution in [2.45, 2.75) is 32.7 Å². The van der Waals surface area contributed by atoms with Gasteiger partial charge in [-0.05, 0) is 44.9 Å². The molecule has 3 aliphatic rings. The highest BCUT2D eigenvalue weighted by atomic mass is 16.2. The van der Waals surface area contributed by atoms with E-state index in [9.17, 15) is 9.59 Å². The van der Waals surface area contributed by atoms with Crippen LogP contribution in [0.1, 0.15) is 34.6 Å². The molecular weight excluding hydrogens is 326 g/mol. The van der Waals surface area contributed by atoms with Crippen molar-refractivity contribution >= 4 is 11.8 Å². The Kier molecular flexibility index (Phi) is 4.10. The number of amides is 2. The van der Waals surface area contributed by atoms with E-state index in [1.54, 1.807) is 0 Å². The molecule has 3 saturated heterocycles. The molecule has 1 aromatic carbocycles. The van der Waals surface area contributed by atoms with E-state index in [2.05, 4.69) is 4.57 Å². The van der Waals surface area contributed by atoms with Gasteiger partial charge in [-0.1, -0.05) is 18.2 Å². The van der Waals surface area contributed by atoms with Crippen LogP contribution in [0.25, 0.3) is 5.69 Å². The van der Waals surface area contributed by atoms with Gasteiger partial charge in [-0.2, -0.15) is 0 Å². The summed E-state index contributed by atoms with van der Waals surface area (Å²) in [6.45, 7) is 5.19. The predicted molar refractivity (Wildman–Crippen MR) is 100 cm³/mol. The van der Waals surface area contributed by atoms with Gasteiger partial charge in [0.1, 0.15) is 0 Å². The van der Waals surface area contributed by atoms with Crippen LogP contribution in [0.4, 0.5) is 0 Å². The number of para-hydroxylation sites is 1. The second-order valence-electron chi connectivity index (χ2n) is 7.54. The zero-order valence-electron chi connectivity index (χ0n) is 15.6. The summed E-state index contributed by atoms with van der Waals surface area (Å²) in [5.74, 6) is 0.173. The summed E-state index contributed by atoms with van der Waals surface area (Å²) in [5.41, 5.74) is 3.80. The van der Waals surface area contributed by atoms with Crippen molar-refractivity contribution in [2.24, 2.45) is 5.92 Å². The highest BCUT2D eigenvalue weighted by molar-refractivity contribution is 5.96. The largest absolute Gasteiger partial charge is 0.341 e. The molecule has 2 bridgehead atoms. The maximum absolute atomic E-state index is 13.3. The van der Waals surface area contributed by atoms with E-state index in [0.29, 0.717) is 13.1 Å². The molecule has 2 amide bonds. The van der Waals surface area contributed by atoms with Crippen LogP contribution in [0.15, 0.2) is 36.4 Å². The Morgan fingerprint density at radius 1 is 1.08 bits per heavy atom. The Balaban J connectivity index is 1.67. The number of likely N-dealkylation sites (N-methyl/N-ethyl adjacent to an activating group) is 1. The molecule has 0 spiro atoms. The Bertz CT molecular complexity index is 856. The smallest absolute Gasteiger partial charge is 0.255 e. The first-order chi connectivity index (χ1) is 12.5. The minimum absolute atomic E-state index is 0.0419. The summed E-state index contributed by atoms with van der Waals surface area (Å²) in [4.78, 5) is 29.4. The number of aryl methyl sites for hydroxylation is 1. The molecule has 5 heteroatoms. The van der Waals surface area contributed by atoms with Crippen LogP contribution < -0.4 is 0 Å². The third kappa shape index (κ3) is 2.62. The fourth-order valence-corrected chi connectivity index (χ4v) is 4.45. The van der Waals surface area contributed by atoms with E-state index in [0.717, 1.165) is 35.5 Å². The molecule has 136 valence electrons. The van der Waals surface area contributed by atoms with Crippen LogP contribution >= 0.6 is 0 Å². The summed E-state index contributed by atoms with van der Waals surface area (Å²) >= 11 is 0. The van der Waals surface area contributed by atoms with Gasteiger partial charge in [0.15, 0.2) is 0 Å². The standard InChI is InChI=1S/C21H25N3O2/c1-14-11-19(15(2)24(14)17-7-5-4-6-8-17)21(26)23-12-16-9-10-18(13-23)22(3)20(16)25/h4-8,11,16,18H,9-10,12-13H2,1-3H3/t16-,18+/m0/s1. The van der Waals surface area contributed by atoms with Crippen molar-refractivity contribution in [1.82, 2.24) is 14.4 Å². The van der Waals surface area contributed by atoms with Crippen LogP contribution in [-0.4, -0.2) is 52.4 Å². The predicted octanol–water partition coefficient (Wildman–Crippen LogP) is 2.79. The summed E-state index contributed by atoms with van der Waals surface area (Å²) in [6.07, 6.45) is 1.88. The zero-order valence-corrected chi connectivity index (χ0v) is 15.6. The van der Waals surface area contributed by atoms with Crippen molar-refractivity contribution in [3.8, 4) is 5.69 Å². The average Bonchev–Trinajstić information content (AvgIpc) is 2.79. The molecule has 0 unspecified atom stereocenters. The molecule has 1 aromatic heterocycles.